The van der Waals surface area contributed by atoms with Crippen molar-refractivity contribution in [1.82, 2.24) is 0 Å². The van der Waals surface area contributed by atoms with E-state index >= 15 is 0 Å². The van der Waals surface area contributed by atoms with Gasteiger partial charge in [-0.05, 0) is 0 Å². The summed E-state index contributed by atoms with van der Waals surface area (Å²) in [6.07, 6.45) is -15.0. The average Bonchev–Trinajstić information content (AvgIpc) is 3.34. The molecule has 0 unspecified atom stereocenters. The molecule has 0 aromatic carbocycles. The number of carbonyl (C=O) groups excluding carboxylic acids is 7. The molecule has 18 nitrogen and oxygen atoms in total. The van der Waals surface area contributed by atoms with Gasteiger partial charge in [0.25, 0.3) is 0 Å². The minimum Gasteiger partial charge on any atom is -0.462 e. The van der Waals surface area contributed by atoms with Crippen LogP contribution in [0.15, 0.2) is 0 Å². The lowest BCUT2D eigenvalue weighted by Crippen LogP contribution is -2.48. The van der Waals surface area contributed by atoms with E-state index in [4.69, 9.17) is 47.4 Å². The highest BCUT2D eigenvalue weighted by Crippen LogP contribution is 2.33. The maximum atomic E-state index is 12.0. The Kier molecular flexibility index (Phi) is 13.4. The standard InChI is InChI=1S/C26H36O18/c1-10(27)35-8-17(37-11(2)28)20-22(40-14(5)31)24(42-16(7)33)26(44-20)36-9-18(38-12(3)29)19-21(39-13(4)30)23(25(34)43-19)41-15(6)32/h17-26,34H,8-9H2,1-7H3/t17-,18-,19-,20-,21-,22-,23+,24+,25+,26+/m0/s1. The summed E-state index contributed by atoms with van der Waals surface area (Å²) in [7, 11) is 0. The Morgan fingerprint density at radius 2 is 0.955 bits per heavy atom. The van der Waals surface area contributed by atoms with Crippen LogP contribution in [0, 0.1) is 0 Å². The summed E-state index contributed by atoms with van der Waals surface area (Å²) in [5.41, 5.74) is 0. The lowest BCUT2D eigenvalue weighted by atomic mass is 10.0. The molecule has 1 N–H and O–H groups in total. The van der Waals surface area contributed by atoms with E-state index in [1.54, 1.807) is 0 Å². The van der Waals surface area contributed by atoms with Crippen LogP contribution in [0.2, 0.25) is 0 Å². The Hall–Kier alpha value is -3.87. The number of hydrogen-bond acceptors (Lipinski definition) is 18. The zero-order valence-electron chi connectivity index (χ0n) is 25.1. The first kappa shape index (κ1) is 36.3. The Morgan fingerprint density at radius 3 is 1.41 bits per heavy atom. The van der Waals surface area contributed by atoms with E-state index in [1.165, 1.54) is 0 Å². The molecule has 0 saturated carbocycles. The summed E-state index contributed by atoms with van der Waals surface area (Å²) in [5, 5.41) is 10.4. The van der Waals surface area contributed by atoms with Crippen molar-refractivity contribution in [3.8, 4) is 0 Å². The molecule has 0 spiro atoms. The molecule has 0 bridgehead atoms. The molecular weight excluding hydrogens is 600 g/mol. The fourth-order valence-electron chi connectivity index (χ4n) is 4.54. The van der Waals surface area contributed by atoms with E-state index in [9.17, 15) is 38.7 Å². The van der Waals surface area contributed by atoms with Crippen molar-refractivity contribution >= 4 is 41.8 Å². The van der Waals surface area contributed by atoms with Crippen molar-refractivity contribution in [2.24, 2.45) is 0 Å². The average molecular weight is 637 g/mol. The van der Waals surface area contributed by atoms with Crippen molar-refractivity contribution < 1.29 is 86.0 Å². The highest BCUT2D eigenvalue weighted by Gasteiger charge is 2.56. The number of hydrogen-bond donors (Lipinski definition) is 1. The van der Waals surface area contributed by atoms with E-state index < -0.39 is 116 Å². The van der Waals surface area contributed by atoms with Crippen LogP contribution in [0.25, 0.3) is 0 Å². The first-order chi connectivity index (χ1) is 20.5. The molecular formula is C26H36O18. The normalized spacial score (nSPS) is 29.0. The zero-order valence-corrected chi connectivity index (χ0v) is 25.1. The summed E-state index contributed by atoms with van der Waals surface area (Å²) in [6.45, 7) is 6.22. The molecule has 0 radical (unpaired) electrons. The highest BCUT2D eigenvalue weighted by atomic mass is 16.8. The zero-order chi connectivity index (χ0) is 33.3. The van der Waals surface area contributed by atoms with Gasteiger partial charge in [0.05, 0.1) is 6.61 Å². The van der Waals surface area contributed by atoms with E-state index in [-0.39, 0.29) is 0 Å². The maximum absolute atomic E-state index is 12.0. The van der Waals surface area contributed by atoms with Gasteiger partial charge in [-0.25, -0.2) is 0 Å². The van der Waals surface area contributed by atoms with Crippen molar-refractivity contribution in [3.63, 3.8) is 0 Å². The molecule has 10 atom stereocenters. The van der Waals surface area contributed by atoms with Gasteiger partial charge in [-0.15, -0.1) is 0 Å². The molecule has 2 rings (SSSR count). The first-order valence-corrected chi connectivity index (χ1v) is 13.3. The second-order valence-corrected chi connectivity index (χ2v) is 9.69. The van der Waals surface area contributed by atoms with Gasteiger partial charge in [0, 0.05) is 48.5 Å². The molecule has 2 heterocycles. The van der Waals surface area contributed by atoms with Crippen LogP contribution in [0.3, 0.4) is 0 Å². The number of aliphatic hydroxyl groups excluding tert-OH is 1. The molecule has 0 amide bonds. The van der Waals surface area contributed by atoms with Crippen molar-refractivity contribution in [2.75, 3.05) is 13.2 Å². The molecule has 0 aliphatic carbocycles. The predicted octanol–water partition coefficient (Wildman–Crippen LogP) is -1.40. The Balaban J connectivity index is 2.43. The third-order valence-corrected chi connectivity index (χ3v) is 5.88. The predicted molar refractivity (Wildman–Crippen MR) is 135 cm³/mol. The second kappa shape index (κ2) is 16.3. The van der Waals surface area contributed by atoms with E-state index in [0.29, 0.717) is 0 Å². The van der Waals surface area contributed by atoms with Gasteiger partial charge in [0.15, 0.2) is 49.2 Å². The molecule has 0 aromatic rings. The fourth-order valence-corrected chi connectivity index (χ4v) is 4.54. The van der Waals surface area contributed by atoms with Gasteiger partial charge in [-0.2, -0.15) is 0 Å². The number of rotatable bonds is 13. The Bertz CT molecular complexity index is 1090. The molecule has 2 aliphatic rings. The van der Waals surface area contributed by atoms with Crippen LogP contribution < -0.4 is 0 Å². The summed E-state index contributed by atoms with van der Waals surface area (Å²) < 4.78 is 53.5. The van der Waals surface area contributed by atoms with Crippen LogP contribution >= 0.6 is 0 Å². The lowest BCUT2D eigenvalue weighted by Gasteiger charge is -2.29. The summed E-state index contributed by atoms with van der Waals surface area (Å²) >= 11 is 0. The maximum Gasteiger partial charge on any atom is 0.303 e. The summed E-state index contributed by atoms with van der Waals surface area (Å²) in [4.78, 5) is 82.7. The van der Waals surface area contributed by atoms with Crippen LogP contribution in [0.4, 0.5) is 0 Å². The SMILES string of the molecule is CC(=O)OC[C@H](OC(C)=O)[C@@H]1O[C@@H](OC[C@H](OC(C)=O)[C@@H]2O[C@@H](O)[C@H](OC(C)=O)[C@H]2OC(C)=O)[C@H](OC(C)=O)[C@H]1OC(C)=O. The number of aliphatic hydroxyl groups is 1. The Labute approximate surface area is 251 Å². The largest absolute Gasteiger partial charge is 0.462 e. The highest BCUT2D eigenvalue weighted by molar-refractivity contribution is 5.69. The van der Waals surface area contributed by atoms with Crippen LogP contribution in [0.5, 0.6) is 0 Å². The third-order valence-electron chi connectivity index (χ3n) is 5.88. The molecule has 44 heavy (non-hydrogen) atoms. The number of ether oxygens (including phenoxy) is 10. The van der Waals surface area contributed by atoms with E-state index in [1.807, 2.05) is 0 Å². The molecule has 2 saturated heterocycles. The molecule has 0 aromatic heterocycles. The third kappa shape index (κ3) is 10.7. The summed E-state index contributed by atoms with van der Waals surface area (Å²) in [5.74, 6) is -5.78. The van der Waals surface area contributed by atoms with E-state index in [2.05, 4.69) is 0 Å². The minimum absolute atomic E-state index is 0.539. The molecule has 2 aliphatic heterocycles. The first-order valence-electron chi connectivity index (χ1n) is 13.3. The van der Waals surface area contributed by atoms with Gasteiger partial charge < -0.3 is 52.5 Å². The van der Waals surface area contributed by atoms with Crippen molar-refractivity contribution in [3.05, 3.63) is 0 Å². The quantitative estimate of drug-likeness (QED) is 0.181. The topological polar surface area (TPSA) is 232 Å². The molecule has 248 valence electrons. The van der Waals surface area contributed by atoms with Crippen molar-refractivity contribution in [2.45, 2.75) is 110 Å². The second-order valence-electron chi connectivity index (χ2n) is 9.69. The van der Waals surface area contributed by atoms with Gasteiger partial charge in [-0.3, -0.25) is 33.6 Å². The van der Waals surface area contributed by atoms with Gasteiger partial charge in [-0.1, -0.05) is 0 Å². The van der Waals surface area contributed by atoms with Crippen LogP contribution in [-0.4, -0.2) is 122 Å². The fraction of sp³-hybridized carbons (Fsp3) is 0.731. The van der Waals surface area contributed by atoms with Gasteiger partial charge >= 0.3 is 41.8 Å². The smallest absolute Gasteiger partial charge is 0.303 e. The number of esters is 7. The molecule has 18 heteroatoms. The van der Waals surface area contributed by atoms with Crippen LogP contribution in [-0.2, 0) is 80.9 Å². The van der Waals surface area contributed by atoms with Crippen LogP contribution in [0.1, 0.15) is 48.5 Å². The van der Waals surface area contributed by atoms with E-state index in [0.717, 1.165) is 48.5 Å². The summed E-state index contributed by atoms with van der Waals surface area (Å²) in [6, 6.07) is 0. The van der Waals surface area contributed by atoms with Gasteiger partial charge in [0.2, 0.25) is 0 Å². The Morgan fingerprint density at radius 1 is 0.545 bits per heavy atom. The number of carbonyl (C=O) groups is 7. The molecule has 2 fully saturated rings. The minimum atomic E-state index is -1.80. The lowest BCUT2D eigenvalue weighted by molar-refractivity contribution is -0.221. The van der Waals surface area contributed by atoms with Gasteiger partial charge in [0.1, 0.15) is 18.8 Å². The monoisotopic (exact) mass is 636 g/mol. The van der Waals surface area contributed by atoms with Crippen molar-refractivity contribution in [1.29, 1.82) is 0 Å².